The van der Waals surface area contributed by atoms with Crippen LogP contribution in [-0.2, 0) is 28.2 Å². The van der Waals surface area contributed by atoms with Crippen LogP contribution in [0.15, 0.2) is 29.2 Å². The summed E-state index contributed by atoms with van der Waals surface area (Å²) in [5.74, 6) is 1.26. The van der Waals surface area contributed by atoms with E-state index in [0.717, 1.165) is 28.8 Å². The van der Waals surface area contributed by atoms with E-state index in [-0.39, 0.29) is 6.54 Å². The van der Waals surface area contributed by atoms with Crippen molar-refractivity contribution in [2.75, 3.05) is 19.7 Å². The largest absolute Gasteiger partial charge is 0.367 e. The van der Waals surface area contributed by atoms with Crippen molar-refractivity contribution in [2.24, 2.45) is 7.05 Å². The Kier molecular flexibility index (Phi) is 4.53. The van der Waals surface area contributed by atoms with E-state index in [9.17, 15) is 8.42 Å². The molecule has 1 unspecified atom stereocenters. The van der Waals surface area contributed by atoms with Crippen LogP contribution in [0.4, 0.5) is 0 Å². The summed E-state index contributed by atoms with van der Waals surface area (Å²) >= 11 is 0. The van der Waals surface area contributed by atoms with Gasteiger partial charge in [0.1, 0.15) is 16.8 Å². The van der Waals surface area contributed by atoms with E-state index in [2.05, 4.69) is 15.2 Å². The number of rotatable bonds is 4. The SMILES string of the molecule is CCc1nc(C2CN(S(=O)(=O)c3c(C)n(C)c4ccccc34)CCO2)n[nH]1. The second-order valence-corrected chi connectivity index (χ2v) is 8.58. The number of aryl methyl sites for hydroxylation is 2. The molecule has 1 aliphatic rings. The summed E-state index contributed by atoms with van der Waals surface area (Å²) in [5.41, 5.74) is 1.63. The number of aromatic amines is 1. The van der Waals surface area contributed by atoms with Crippen LogP contribution in [0.1, 0.15) is 30.4 Å². The molecule has 3 heterocycles. The lowest BCUT2D eigenvalue weighted by Crippen LogP contribution is -2.42. The Labute approximate surface area is 158 Å². The molecule has 1 atom stereocenters. The number of fused-ring (bicyclic) bond motifs is 1. The van der Waals surface area contributed by atoms with E-state index >= 15 is 0 Å². The molecule has 0 aliphatic carbocycles. The minimum atomic E-state index is -3.67. The number of nitrogens with zero attached hydrogens (tertiary/aromatic N) is 4. The zero-order valence-corrected chi connectivity index (χ0v) is 16.5. The van der Waals surface area contributed by atoms with Crippen molar-refractivity contribution in [3.05, 3.63) is 41.6 Å². The summed E-state index contributed by atoms with van der Waals surface area (Å²) in [6.07, 6.45) is 0.261. The van der Waals surface area contributed by atoms with Gasteiger partial charge in [0.2, 0.25) is 10.0 Å². The molecular formula is C18H23N5O3S. The van der Waals surface area contributed by atoms with Crippen molar-refractivity contribution in [1.29, 1.82) is 0 Å². The fraction of sp³-hybridized carbons (Fsp3) is 0.444. The van der Waals surface area contributed by atoms with Crippen LogP contribution >= 0.6 is 0 Å². The van der Waals surface area contributed by atoms with Crippen LogP contribution < -0.4 is 0 Å². The van der Waals surface area contributed by atoms with Crippen molar-refractivity contribution in [1.82, 2.24) is 24.1 Å². The first-order valence-electron chi connectivity index (χ1n) is 9.00. The predicted octanol–water partition coefficient (Wildman–Crippen LogP) is 1.93. The monoisotopic (exact) mass is 389 g/mol. The maximum absolute atomic E-state index is 13.5. The first-order valence-corrected chi connectivity index (χ1v) is 10.4. The molecule has 8 nitrogen and oxygen atoms in total. The Hall–Kier alpha value is -2.23. The van der Waals surface area contributed by atoms with Crippen molar-refractivity contribution in [3.63, 3.8) is 0 Å². The van der Waals surface area contributed by atoms with Crippen molar-refractivity contribution in [2.45, 2.75) is 31.3 Å². The van der Waals surface area contributed by atoms with Gasteiger partial charge in [-0.05, 0) is 13.0 Å². The van der Waals surface area contributed by atoms with Crippen molar-refractivity contribution in [3.8, 4) is 0 Å². The molecule has 1 fully saturated rings. The number of para-hydroxylation sites is 1. The highest BCUT2D eigenvalue weighted by Gasteiger charge is 2.36. The Balaban J connectivity index is 1.71. The van der Waals surface area contributed by atoms with Gasteiger partial charge in [-0.1, -0.05) is 25.1 Å². The molecule has 0 radical (unpaired) electrons. The van der Waals surface area contributed by atoms with Gasteiger partial charge in [0.15, 0.2) is 5.82 Å². The third kappa shape index (κ3) is 2.95. The maximum atomic E-state index is 13.5. The lowest BCUT2D eigenvalue weighted by atomic mass is 10.2. The number of hydrogen-bond acceptors (Lipinski definition) is 5. The molecule has 9 heteroatoms. The zero-order chi connectivity index (χ0) is 19.2. The molecule has 0 spiro atoms. The number of H-pyrrole nitrogens is 1. The number of ether oxygens (including phenoxy) is 1. The van der Waals surface area contributed by atoms with E-state index in [1.165, 1.54) is 4.31 Å². The number of aromatic nitrogens is 4. The first kappa shape index (κ1) is 18.1. The summed E-state index contributed by atoms with van der Waals surface area (Å²) in [4.78, 5) is 4.76. The molecule has 1 aliphatic heterocycles. The van der Waals surface area contributed by atoms with E-state index in [4.69, 9.17) is 4.74 Å². The molecule has 4 rings (SSSR count). The number of sulfonamides is 1. The van der Waals surface area contributed by atoms with Crippen LogP contribution in [0.3, 0.4) is 0 Å². The molecule has 0 amide bonds. The molecular weight excluding hydrogens is 366 g/mol. The normalized spacial score (nSPS) is 19.0. The quantitative estimate of drug-likeness (QED) is 0.736. The number of nitrogens with one attached hydrogen (secondary N) is 1. The predicted molar refractivity (Wildman–Crippen MR) is 101 cm³/mol. The summed E-state index contributed by atoms with van der Waals surface area (Å²) in [6.45, 7) is 4.64. The Morgan fingerprint density at radius 1 is 1.33 bits per heavy atom. The number of benzene rings is 1. The molecule has 3 aromatic rings. The lowest BCUT2D eigenvalue weighted by molar-refractivity contribution is -0.00734. The van der Waals surface area contributed by atoms with E-state index in [1.54, 1.807) is 0 Å². The number of morpholine rings is 1. The van der Waals surface area contributed by atoms with Crippen LogP contribution in [-0.4, -0.2) is 52.2 Å². The van der Waals surface area contributed by atoms with Crippen molar-refractivity contribution >= 4 is 20.9 Å². The number of hydrogen-bond donors (Lipinski definition) is 1. The van der Waals surface area contributed by atoms with Crippen LogP contribution in [0, 0.1) is 6.92 Å². The van der Waals surface area contributed by atoms with Gasteiger partial charge >= 0.3 is 0 Å². The van der Waals surface area contributed by atoms with Gasteiger partial charge in [0, 0.05) is 43.2 Å². The smallest absolute Gasteiger partial charge is 0.245 e. The van der Waals surface area contributed by atoms with Crippen molar-refractivity contribution < 1.29 is 13.2 Å². The summed E-state index contributed by atoms with van der Waals surface area (Å²) in [5, 5.41) is 7.79. The summed E-state index contributed by atoms with van der Waals surface area (Å²) in [6, 6.07) is 7.57. The second-order valence-electron chi connectivity index (χ2n) is 6.71. The third-order valence-corrected chi connectivity index (χ3v) is 7.18. The molecule has 1 saturated heterocycles. The van der Waals surface area contributed by atoms with Gasteiger partial charge in [-0.3, -0.25) is 5.10 Å². The van der Waals surface area contributed by atoms with E-state index in [0.29, 0.717) is 23.9 Å². The molecule has 1 aromatic carbocycles. The van der Waals surface area contributed by atoms with E-state index < -0.39 is 16.1 Å². The highest BCUT2D eigenvalue weighted by atomic mass is 32.2. The summed E-state index contributed by atoms with van der Waals surface area (Å²) < 4.78 is 36.1. The van der Waals surface area contributed by atoms with Gasteiger partial charge in [-0.15, -0.1) is 0 Å². The Morgan fingerprint density at radius 3 is 2.85 bits per heavy atom. The molecule has 1 N–H and O–H groups in total. The zero-order valence-electron chi connectivity index (χ0n) is 15.6. The molecule has 0 saturated carbocycles. The third-order valence-electron chi connectivity index (χ3n) is 5.14. The van der Waals surface area contributed by atoms with Gasteiger partial charge < -0.3 is 9.30 Å². The highest BCUT2D eigenvalue weighted by Crippen LogP contribution is 2.33. The summed E-state index contributed by atoms with van der Waals surface area (Å²) in [7, 11) is -1.78. The maximum Gasteiger partial charge on any atom is 0.245 e. The minimum absolute atomic E-state index is 0.200. The molecule has 0 bridgehead atoms. The average Bonchev–Trinajstić information content (AvgIpc) is 3.26. The second kappa shape index (κ2) is 6.74. The average molecular weight is 389 g/mol. The first-order chi connectivity index (χ1) is 12.9. The van der Waals surface area contributed by atoms with Crippen LogP contribution in [0.2, 0.25) is 0 Å². The standard InChI is InChI=1S/C18H23N5O3S/c1-4-16-19-18(21-20-16)15-11-23(9-10-26-15)27(24,25)17-12(2)22(3)14-8-6-5-7-13(14)17/h5-8,15H,4,9-11H2,1-3H3,(H,19,20,21). The lowest BCUT2D eigenvalue weighted by Gasteiger charge is -2.30. The van der Waals surface area contributed by atoms with Gasteiger partial charge in [0.25, 0.3) is 0 Å². The molecule has 27 heavy (non-hydrogen) atoms. The van der Waals surface area contributed by atoms with E-state index in [1.807, 2.05) is 49.7 Å². The fourth-order valence-electron chi connectivity index (χ4n) is 3.55. The topological polar surface area (TPSA) is 93.1 Å². The Morgan fingerprint density at radius 2 is 2.11 bits per heavy atom. The molecule has 144 valence electrons. The fourth-order valence-corrected chi connectivity index (χ4v) is 5.42. The van der Waals surface area contributed by atoms with Gasteiger partial charge in [0.05, 0.1) is 6.61 Å². The molecule has 2 aromatic heterocycles. The minimum Gasteiger partial charge on any atom is -0.367 e. The Bertz CT molecular complexity index is 1090. The van der Waals surface area contributed by atoms with Crippen LogP contribution in [0.5, 0.6) is 0 Å². The van der Waals surface area contributed by atoms with Gasteiger partial charge in [-0.2, -0.15) is 9.40 Å². The van der Waals surface area contributed by atoms with Crippen LogP contribution in [0.25, 0.3) is 10.9 Å². The highest BCUT2D eigenvalue weighted by molar-refractivity contribution is 7.89. The van der Waals surface area contributed by atoms with Gasteiger partial charge in [-0.25, -0.2) is 13.4 Å².